The smallest absolute Gasteiger partial charge is 0.407 e. The van der Waals surface area contributed by atoms with Crippen molar-refractivity contribution in [1.82, 2.24) is 4.90 Å². The molecule has 0 aliphatic carbocycles. The number of hydrogen-bond acceptors (Lipinski definition) is 4. The third-order valence-electron chi connectivity index (χ3n) is 2.53. The standard InChI is InChI=1S/C9H16N2O4/c1-2-15-8(12)6-5-11(9(13)14)4-3-7(6)10/h6-7H,2-5,10H2,1H3,(H,13,14)/t6-,7+/m1/s1. The summed E-state index contributed by atoms with van der Waals surface area (Å²) in [6.07, 6.45) is -0.522. The molecule has 6 nitrogen and oxygen atoms in total. The molecule has 1 fully saturated rings. The Labute approximate surface area is 88.0 Å². The first-order valence-electron chi connectivity index (χ1n) is 4.96. The van der Waals surface area contributed by atoms with E-state index in [1.165, 1.54) is 4.90 Å². The summed E-state index contributed by atoms with van der Waals surface area (Å²) >= 11 is 0. The Balaban J connectivity index is 2.60. The maximum absolute atomic E-state index is 11.5. The zero-order chi connectivity index (χ0) is 11.4. The molecule has 1 heterocycles. The molecule has 1 aliphatic rings. The summed E-state index contributed by atoms with van der Waals surface area (Å²) in [6.45, 7) is 2.51. The number of carboxylic acid groups (broad SMARTS) is 1. The van der Waals surface area contributed by atoms with Crippen LogP contribution in [-0.4, -0.2) is 47.8 Å². The van der Waals surface area contributed by atoms with Gasteiger partial charge in [-0.25, -0.2) is 4.79 Å². The van der Waals surface area contributed by atoms with Crippen LogP contribution >= 0.6 is 0 Å². The second-order valence-corrected chi connectivity index (χ2v) is 3.54. The van der Waals surface area contributed by atoms with Crippen molar-refractivity contribution in [3.05, 3.63) is 0 Å². The van der Waals surface area contributed by atoms with E-state index in [2.05, 4.69) is 0 Å². The summed E-state index contributed by atoms with van der Waals surface area (Å²) in [5, 5.41) is 8.79. The van der Waals surface area contributed by atoms with Gasteiger partial charge in [0.05, 0.1) is 12.5 Å². The van der Waals surface area contributed by atoms with Gasteiger partial charge in [-0.3, -0.25) is 4.79 Å². The number of carbonyl (C=O) groups excluding carboxylic acids is 1. The SMILES string of the molecule is CCOC(=O)[C@@H]1CN(C(=O)O)CC[C@@H]1N. The summed E-state index contributed by atoms with van der Waals surface area (Å²) < 4.78 is 4.84. The molecular weight excluding hydrogens is 200 g/mol. The molecule has 1 rings (SSSR count). The van der Waals surface area contributed by atoms with Gasteiger partial charge in [0.15, 0.2) is 0 Å². The van der Waals surface area contributed by atoms with E-state index >= 15 is 0 Å². The summed E-state index contributed by atoms with van der Waals surface area (Å²) in [5.41, 5.74) is 5.75. The molecule has 0 unspecified atom stereocenters. The van der Waals surface area contributed by atoms with Crippen molar-refractivity contribution in [1.29, 1.82) is 0 Å². The summed E-state index contributed by atoms with van der Waals surface area (Å²) in [6, 6.07) is -0.306. The summed E-state index contributed by atoms with van der Waals surface area (Å²) in [4.78, 5) is 23.4. The number of esters is 1. The molecule has 0 aromatic heterocycles. The highest BCUT2D eigenvalue weighted by atomic mass is 16.5. The lowest BCUT2D eigenvalue weighted by molar-refractivity contribution is -0.150. The van der Waals surface area contributed by atoms with Crippen LogP contribution in [0.15, 0.2) is 0 Å². The van der Waals surface area contributed by atoms with Crippen LogP contribution in [0.4, 0.5) is 4.79 Å². The number of nitrogens with zero attached hydrogens (tertiary/aromatic N) is 1. The largest absolute Gasteiger partial charge is 0.466 e. The van der Waals surface area contributed by atoms with Gasteiger partial charge in [-0.2, -0.15) is 0 Å². The van der Waals surface area contributed by atoms with E-state index in [9.17, 15) is 9.59 Å². The molecule has 0 radical (unpaired) electrons. The molecule has 0 bridgehead atoms. The van der Waals surface area contributed by atoms with Crippen LogP contribution in [-0.2, 0) is 9.53 Å². The fourth-order valence-corrected chi connectivity index (χ4v) is 1.64. The van der Waals surface area contributed by atoms with E-state index in [1.807, 2.05) is 0 Å². The zero-order valence-corrected chi connectivity index (χ0v) is 8.68. The molecule has 0 saturated carbocycles. The molecule has 3 N–H and O–H groups in total. The van der Waals surface area contributed by atoms with Crippen molar-refractivity contribution in [2.45, 2.75) is 19.4 Å². The van der Waals surface area contributed by atoms with Crippen LogP contribution in [0.3, 0.4) is 0 Å². The number of amides is 1. The first kappa shape index (κ1) is 11.8. The van der Waals surface area contributed by atoms with Crippen molar-refractivity contribution in [3.63, 3.8) is 0 Å². The average molecular weight is 216 g/mol. The highest BCUT2D eigenvalue weighted by molar-refractivity contribution is 5.75. The summed E-state index contributed by atoms with van der Waals surface area (Å²) in [7, 11) is 0. The molecule has 86 valence electrons. The van der Waals surface area contributed by atoms with Gasteiger partial charge in [0, 0.05) is 19.1 Å². The monoisotopic (exact) mass is 216 g/mol. The maximum atomic E-state index is 11.5. The molecule has 2 atom stereocenters. The molecule has 1 saturated heterocycles. The Bertz CT molecular complexity index is 256. The van der Waals surface area contributed by atoms with Crippen molar-refractivity contribution in [3.8, 4) is 0 Å². The van der Waals surface area contributed by atoms with Gasteiger partial charge >= 0.3 is 12.1 Å². The number of rotatable bonds is 2. The van der Waals surface area contributed by atoms with E-state index in [1.54, 1.807) is 6.92 Å². The number of piperidine rings is 1. The second kappa shape index (κ2) is 4.97. The number of likely N-dealkylation sites (tertiary alicyclic amines) is 1. The van der Waals surface area contributed by atoms with Gasteiger partial charge < -0.3 is 20.5 Å². The van der Waals surface area contributed by atoms with Gasteiger partial charge in [0.2, 0.25) is 0 Å². The van der Waals surface area contributed by atoms with Gasteiger partial charge in [-0.15, -0.1) is 0 Å². The number of carbonyl (C=O) groups is 2. The zero-order valence-electron chi connectivity index (χ0n) is 8.68. The Morgan fingerprint density at radius 2 is 2.27 bits per heavy atom. The third kappa shape index (κ3) is 2.82. The number of ether oxygens (including phenoxy) is 1. The Morgan fingerprint density at radius 3 is 2.80 bits per heavy atom. The Kier molecular flexibility index (Phi) is 3.90. The Morgan fingerprint density at radius 1 is 1.60 bits per heavy atom. The van der Waals surface area contributed by atoms with Crippen LogP contribution in [0.25, 0.3) is 0 Å². The van der Waals surface area contributed by atoms with Crippen LogP contribution in [0.2, 0.25) is 0 Å². The molecule has 1 aliphatic heterocycles. The van der Waals surface area contributed by atoms with Gasteiger partial charge in [0.25, 0.3) is 0 Å². The molecule has 0 spiro atoms. The Hall–Kier alpha value is -1.30. The number of nitrogens with two attached hydrogens (primary N) is 1. The molecular formula is C9H16N2O4. The lowest BCUT2D eigenvalue weighted by atomic mass is 9.93. The highest BCUT2D eigenvalue weighted by Gasteiger charge is 2.34. The predicted octanol–water partition coefficient (Wildman–Crippen LogP) is -0.123. The van der Waals surface area contributed by atoms with Gasteiger partial charge in [-0.05, 0) is 13.3 Å². The second-order valence-electron chi connectivity index (χ2n) is 3.54. The molecule has 15 heavy (non-hydrogen) atoms. The van der Waals surface area contributed by atoms with Gasteiger partial charge in [-0.1, -0.05) is 0 Å². The minimum Gasteiger partial charge on any atom is -0.466 e. The van der Waals surface area contributed by atoms with Crippen LogP contribution < -0.4 is 5.73 Å². The van der Waals surface area contributed by atoms with Crippen LogP contribution in [0, 0.1) is 5.92 Å². The minimum absolute atomic E-state index is 0.134. The summed E-state index contributed by atoms with van der Waals surface area (Å²) in [5.74, 6) is -0.939. The normalized spacial score (nSPS) is 26.1. The minimum atomic E-state index is -1.02. The van der Waals surface area contributed by atoms with E-state index in [0.29, 0.717) is 13.0 Å². The lowest BCUT2D eigenvalue weighted by Crippen LogP contribution is -2.52. The quantitative estimate of drug-likeness (QED) is 0.627. The van der Waals surface area contributed by atoms with Crippen molar-refractivity contribution in [2.75, 3.05) is 19.7 Å². The predicted molar refractivity (Wildman–Crippen MR) is 52.3 cm³/mol. The van der Waals surface area contributed by atoms with E-state index in [4.69, 9.17) is 15.6 Å². The average Bonchev–Trinajstić information content (AvgIpc) is 2.18. The van der Waals surface area contributed by atoms with Crippen molar-refractivity contribution in [2.24, 2.45) is 11.7 Å². The lowest BCUT2D eigenvalue weighted by Gasteiger charge is -2.33. The highest BCUT2D eigenvalue weighted by Crippen LogP contribution is 2.17. The number of hydrogen-bond donors (Lipinski definition) is 2. The molecule has 6 heteroatoms. The molecule has 0 aromatic rings. The third-order valence-corrected chi connectivity index (χ3v) is 2.53. The van der Waals surface area contributed by atoms with E-state index in [0.717, 1.165) is 0 Å². The van der Waals surface area contributed by atoms with Crippen molar-refractivity contribution >= 4 is 12.1 Å². The fourth-order valence-electron chi connectivity index (χ4n) is 1.64. The van der Waals surface area contributed by atoms with Gasteiger partial charge in [0.1, 0.15) is 0 Å². The first-order valence-corrected chi connectivity index (χ1v) is 4.96. The molecule has 1 amide bonds. The van der Waals surface area contributed by atoms with Crippen LogP contribution in [0.1, 0.15) is 13.3 Å². The first-order chi connectivity index (χ1) is 7.06. The van der Waals surface area contributed by atoms with Crippen molar-refractivity contribution < 1.29 is 19.4 Å². The van der Waals surface area contributed by atoms with E-state index in [-0.39, 0.29) is 19.2 Å². The maximum Gasteiger partial charge on any atom is 0.407 e. The van der Waals surface area contributed by atoms with E-state index < -0.39 is 18.0 Å². The fraction of sp³-hybridized carbons (Fsp3) is 0.778. The molecule has 0 aromatic carbocycles. The van der Waals surface area contributed by atoms with Crippen LogP contribution in [0.5, 0.6) is 0 Å². The topological polar surface area (TPSA) is 92.9 Å².